The zero-order chi connectivity index (χ0) is 17.8. The number of aliphatic hydroxyl groups excluding tert-OH is 1. The molecular formula is C21H25NO3. The van der Waals surface area contributed by atoms with E-state index in [-0.39, 0.29) is 12.5 Å². The molecule has 0 heterocycles. The van der Waals surface area contributed by atoms with Gasteiger partial charge in [-0.3, -0.25) is 4.79 Å². The van der Waals surface area contributed by atoms with Crippen LogP contribution in [-0.2, 0) is 17.6 Å². The number of aliphatic hydroxyl groups is 1. The van der Waals surface area contributed by atoms with Crippen LogP contribution >= 0.6 is 0 Å². The van der Waals surface area contributed by atoms with E-state index >= 15 is 0 Å². The maximum atomic E-state index is 12.4. The number of hydrogen-bond acceptors (Lipinski definition) is 3. The molecular weight excluding hydrogens is 314 g/mol. The lowest BCUT2D eigenvalue weighted by atomic mass is 9.89. The van der Waals surface area contributed by atoms with Crippen LogP contribution < -0.4 is 10.1 Å². The first-order chi connectivity index (χ1) is 12.1. The molecule has 0 aliphatic heterocycles. The van der Waals surface area contributed by atoms with Gasteiger partial charge in [0.15, 0.2) is 6.61 Å². The second kappa shape index (κ2) is 7.70. The minimum atomic E-state index is -0.430. The first-order valence-electron chi connectivity index (χ1n) is 8.91. The van der Waals surface area contributed by atoms with E-state index in [1.165, 1.54) is 0 Å². The van der Waals surface area contributed by atoms with Crippen LogP contribution in [0.2, 0.25) is 0 Å². The van der Waals surface area contributed by atoms with Crippen LogP contribution in [-0.4, -0.2) is 17.6 Å². The van der Waals surface area contributed by atoms with Crippen molar-refractivity contribution in [2.75, 3.05) is 11.9 Å². The number of fused-ring (bicyclic) bond motifs is 1. The topological polar surface area (TPSA) is 58.6 Å². The van der Waals surface area contributed by atoms with Crippen molar-refractivity contribution in [3.8, 4) is 5.75 Å². The molecule has 2 aromatic rings. The van der Waals surface area contributed by atoms with Gasteiger partial charge in [-0.15, -0.1) is 0 Å². The summed E-state index contributed by atoms with van der Waals surface area (Å²) >= 11 is 0. The number of aryl methyl sites for hydroxylation is 2. The van der Waals surface area contributed by atoms with Gasteiger partial charge in [0.2, 0.25) is 0 Å². The molecule has 0 bridgehead atoms. The number of para-hydroxylation sites is 1. The van der Waals surface area contributed by atoms with Gasteiger partial charge in [-0.2, -0.15) is 0 Å². The number of carbonyl (C=O) groups excluding carboxylic acids is 1. The van der Waals surface area contributed by atoms with Crippen molar-refractivity contribution < 1.29 is 14.6 Å². The van der Waals surface area contributed by atoms with E-state index in [2.05, 4.69) is 12.2 Å². The molecule has 0 saturated heterocycles. The Morgan fingerprint density at radius 1 is 1.28 bits per heavy atom. The summed E-state index contributed by atoms with van der Waals surface area (Å²) in [6, 6.07) is 11.7. The van der Waals surface area contributed by atoms with Crippen molar-refractivity contribution >= 4 is 11.6 Å². The van der Waals surface area contributed by atoms with Gasteiger partial charge in [-0.1, -0.05) is 37.3 Å². The molecule has 0 radical (unpaired) electrons. The van der Waals surface area contributed by atoms with Gasteiger partial charge in [0, 0.05) is 5.69 Å². The minimum absolute atomic E-state index is 0.0377. The van der Waals surface area contributed by atoms with Crippen LogP contribution in [0, 0.1) is 6.92 Å². The van der Waals surface area contributed by atoms with Gasteiger partial charge in [0.05, 0.1) is 6.10 Å². The SMILES string of the molecule is CCc1cccc(C)c1NC(=O)COc1cccc2c1CCC[C@H]2O. The maximum Gasteiger partial charge on any atom is 0.262 e. The molecule has 4 nitrogen and oxygen atoms in total. The summed E-state index contributed by atoms with van der Waals surface area (Å²) in [5.74, 6) is 0.532. The fourth-order valence-corrected chi connectivity index (χ4v) is 3.45. The van der Waals surface area contributed by atoms with E-state index < -0.39 is 6.10 Å². The Kier molecular flexibility index (Phi) is 5.39. The molecule has 25 heavy (non-hydrogen) atoms. The number of amides is 1. The lowest BCUT2D eigenvalue weighted by Gasteiger charge is -2.23. The normalized spacial score (nSPS) is 16.2. The van der Waals surface area contributed by atoms with E-state index in [9.17, 15) is 9.90 Å². The van der Waals surface area contributed by atoms with Crippen LogP contribution in [0.1, 0.15) is 48.1 Å². The molecule has 4 heteroatoms. The molecule has 132 valence electrons. The summed E-state index contributed by atoms with van der Waals surface area (Å²) in [6.45, 7) is 4.02. The van der Waals surface area contributed by atoms with Crippen molar-refractivity contribution in [3.63, 3.8) is 0 Å². The molecule has 1 aliphatic carbocycles. The quantitative estimate of drug-likeness (QED) is 0.867. The summed E-state index contributed by atoms with van der Waals surface area (Å²) in [7, 11) is 0. The van der Waals surface area contributed by atoms with Crippen molar-refractivity contribution in [1.29, 1.82) is 0 Å². The molecule has 1 aliphatic rings. The number of benzene rings is 2. The first kappa shape index (κ1) is 17.5. The Hall–Kier alpha value is -2.33. The fraction of sp³-hybridized carbons (Fsp3) is 0.381. The van der Waals surface area contributed by atoms with Crippen LogP contribution in [0.15, 0.2) is 36.4 Å². The molecule has 1 amide bonds. The lowest BCUT2D eigenvalue weighted by Crippen LogP contribution is -2.22. The lowest BCUT2D eigenvalue weighted by molar-refractivity contribution is -0.118. The molecule has 0 saturated carbocycles. The van der Waals surface area contributed by atoms with Crippen molar-refractivity contribution in [1.82, 2.24) is 0 Å². The minimum Gasteiger partial charge on any atom is -0.483 e. The molecule has 2 aromatic carbocycles. The summed E-state index contributed by atoms with van der Waals surface area (Å²) in [5, 5.41) is 13.1. The Morgan fingerprint density at radius 2 is 2.08 bits per heavy atom. The van der Waals surface area contributed by atoms with Gasteiger partial charge >= 0.3 is 0 Å². The molecule has 0 fully saturated rings. The smallest absolute Gasteiger partial charge is 0.262 e. The molecule has 3 rings (SSSR count). The second-order valence-electron chi connectivity index (χ2n) is 6.53. The zero-order valence-electron chi connectivity index (χ0n) is 14.8. The third-order valence-electron chi connectivity index (χ3n) is 4.80. The Balaban J connectivity index is 1.69. The number of hydrogen-bond donors (Lipinski definition) is 2. The number of ether oxygens (including phenoxy) is 1. The Morgan fingerprint density at radius 3 is 2.88 bits per heavy atom. The largest absolute Gasteiger partial charge is 0.483 e. The van der Waals surface area contributed by atoms with E-state index in [1.807, 2.05) is 43.3 Å². The molecule has 0 aromatic heterocycles. The van der Waals surface area contributed by atoms with Crippen molar-refractivity contribution in [2.24, 2.45) is 0 Å². The summed E-state index contributed by atoms with van der Waals surface area (Å²) in [6.07, 6.45) is 3.03. The predicted molar refractivity (Wildman–Crippen MR) is 99.0 cm³/mol. The Bertz CT molecular complexity index is 770. The predicted octanol–water partition coefficient (Wildman–Crippen LogP) is 3.94. The van der Waals surface area contributed by atoms with Crippen LogP contribution in [0.25, 0.3) is 0 Å². The first-order valence-corrected chi connectivity index (χ1v) is 8.91. The second-order valence-corrected chi connectivity index (χ2v) is 6.53. The third-order valence-corrected chi connectivity index (χ3v) is 4.80. The van der Waals surface area contributed by atoms with E-state index in [4.69, 9.17) is 4.74 Å². The van der Waals surface area contributed by atoms with E-state index in [0.717, 1.165) is 53.6 Å². The zero-order valence-corrected chi connectivity index (χ0v) is 14.8. The molecule has 2 N–H and O–H groups in total. The van der Waals surface area contributed by atoms with Gasteiger partial charge in [0.1, 0.15) is 5.75 Å². The van der Waals surface area contributed by atoms with E-state index in [0.29, 0.717) is 5.75 Å². The van der Waals surface area contributed by atoms with Crippen LogP contribution in [0.5, 0.6) is 5.75 Å². The highest BCUT2D eigenvalue weighted by molar-refractivity contribution is 5.93. The van der Waals surface area contributed by atoms with Crippen molar-refractivity contribution in [2.45, 2.75) is 45.6 Å². The van der Waals surface area contributed by atoms with Crippen molar-refractivity contribution in [3.05, 3.63) is 58.7 Å². The van der Waals surface area contributed by atoms with Gasteiger partial charge in [-0.05, 0) is 60.9 Å². The van der Waals surface area contributed by atoms with Gasteiger partial charge < -0.3 is 15.2 Å². The highest BCUT2D eigenvalue weighted by Gasteiger charge is 2.21. The molecule has 1 atom stereocenters. The van der Waals surface area contributed by atoms with E-state index in [1.54, 1.807) is 0 Å². The highest BCUT2D eigenvalue weighted by atomic mass is 16.5. The average Bonchev–Trinajstić information content (AvgIpc) is 2.62. The highest BCUT2D eigenvalue weighted by Crippen LogP contribution is 2.35. The number of carbonyl (C=O) groups is 1. The standard InChI is InChI=1S/C21H25NO3/c1-3-15-8-4-7-14(2)21(15)22-20(24)13-25-19-12-6-9-16-17(19)10-5-11-18(16)23/h4,6-9,12,18,23H,3,5,10-11,13H2,1-2H3,(H,22,24)/t18-/m1/s1. The summed E-state index contributed by atoms with van der Waals surface area (Å²) in [4.78, 5) is 12.4. The number of anilines is 1. The number of nitrogens with one attached hydrogen (secondary N) is 1. The third kappa shape index (κ3) is 3.85. The number of rotatable bonds is 5. The van der Waals surface area contributed by atoms with Crippen LogP contribution in [0.3, 0.4) is 0 Å². The monoisotopic (exact) mass is 339 g/mol. The van der Waals surface area contributed by atoms with Crippen LogP contribution in [0.4, 0.5) is 5.69 Å². The molecule has 0 spiro atoms. The molecule has 0 unspecified atom stereocenters. The Labute approximate surface area is 148 Å². The van der Waals surface area contributed by atoms with Gasteiger partial charge in [-0.25, -0.2) is 0 Å². The summed E-state index contributed by atoms with van der Waals surface area (Å²) < 4.78 is 5.78. The average molecular weight is 339 g/mol. The summed E-state index contributed by atoms with van der Waals surface area (Å²) in [5.41, 5.74) is 5.00. The fourth-order valence-electron chi connectivity index (χ4n) is 3.45. The maximum absolute atomic E-state index is 12.4. The van der Waals surface area contributed by atoms with Gasteiger partial charge in [0.25, 0.3) is 5.91 Å².